The van der Waals surface area contributed by atoms with Crippen molar-refractivity contribution in [3.05, 3.63) is 16.1 Å². The van der Waals surface area contributed by atoms with Crippen molar-refractivity contribution in [2.75, 3.05) is 20.1 Å². The minimum atomic E-state index is 0.770. The molecule has 0 aliphatic carbocycles. The molecule has 0 spiro atoms. The van der Waals surface area contributed by atoms with Crippen LogP contribution < -0.4 is 5.73 Å². The molecule has 0 aromatic carbocycles. The SMILES string of the molecule is Cc1ncsc1CN(C)CCCN. The zero-order valence-electron chi connectivity index (χ0n) is 8.29. The second-order valence-electron chi connectivity index (χ2n) is 3.24. The first kappa shape index (κ1) is 10.6. The predicted molar refractivity (Wildman–Crippen MR) is 56.9 cm³/mol. The van der Waals surface area contributed by atoms with Crippen LogP contribution in [0.3, 0.4) is 0 Å². The Morgan fingerprint density at radius 1 is 1.62 bits per heavy atom. The van der Waals surface area contributed by atoms with Crippen molar-refractivity contribution in [1.82, 2.24) is 9.88 Å². The molecule has 0 saturated heterocycles. The molecule has 1 rings (SSSR count). The summed E-state index contributed by atoms with van der Waals surface area (Å²) in [5.74, 6) is 0. The zero-order valence-corrected chi connectivity index (χ0v) is 9.10. The number of thiazole rings is 1. The van der Waals surface area contributed by atoms with Gasteiger partial charge in [-0.2, -0.15) is 0 Å². The van der Waals surface area contributed by atoms with Crippen molar-refractivity contribution in [3.63, 3.8) is 0 Å². The lowest BCUT2D eigenvalue weighted by molar-refractivity contribution is 0.326. The van der Waals surface area contributed by atoms with Crippen LogP contribution in [0.15, 0.2) is 5.51 Å². The standard InChI is InChI=1S/C9H17N3S/c1-8-9(13-7-11-8)6-12(2)5-3-4-10/h7H,3-6,10H2,1-2H3. The van der Waals surface area contributed by atoms with Gasteiger partial charge in [-0.15, -0.1) is 11.3 Å². The van der Waals surface area contributed by atoms with Gasteiger partial charge in [0.15, 0.2) is 0 Å². The van der Waals surface area contributed by atoms with Crippen LogP contribution in [0.5, 0.6) is 0 Å². The van der Waals surface area contributed by atoms with Gasteiger partial charge in [-0.1, -0.05) is 0 Å². The number of hydrogen-bond donors (Lipinski definition) is 1. The number of aromatic nitrogens is 1. The predicted octanol–water partition coefficient (Wildman–Crippen LogP) is 1.23. The largest absolute Gasteiger partial charge is 0.330 e. The molecular weight excluding hydrogens is 182 g/mol. The summed E-state index contributed by atoms with van der Waals surface area (Å²) < 4.78 is 0. The summed E-state index contributed by atoms with van der Waals surface area (Å²) in [5, 5.41) is 0. The van der Waals surface area contributed by atoms with Gasteiger partial charge in [-0.25, -0.2) is 4.98 Å². The zero-order chi connectivity index (χ0) is 9.68. The molecule has 3 nitrogen and oxygen atoms in total. The Labute approximate surface area is 83.6 Å². The molecule has 0 saturated carbocycles. The molecule has 0 atom stereocenters. The molecule has 0 unspecified atom stereocenters. The molecular formula is C9H17N3S. The van der Waals surface area contributed by atoms with Gasteiger partial charge in [-0.05, 0) is 33.5 Å². The van der Waals surface area contributed by atoms with Crippen LogP contribution in [0.2, 0.25) is 0 Å². The highest BCUT2D eigenvalue weighted by molar-refractivity contribution is 7.09. The van der Waals surface area contributed by atoms with Gasteiger partial charge in [0.2, 0.25) is 0 Å². The van der Waals surface area contributed by atoms with Gasteiger partial charge >= 0.3 is 0 Å². The number of nitrogens with two attached hydrogens (primary N) is 1. The smallest absolute Gasteiger partial charge is 0.0798 e. The average Bonchev–Trinajstić information content (AvgIpc) is 2.48. The van der Waals surface area contributed by atoms with Crippen LogP contribution in [0.1, 0.15) is 17.0 Å². The highest BCUT2D eigenvalue weighted by atomic mass is 32.1. The Bertz CT molecular complexity index is 247. The van der Waals surface area contributed by atoms with Crippen molar-refractivity contribution in [2.45, 2.75) is 19.9 Å². The first-order chi connectivity index (χ1) is 6.24. The van der Waals surface area contributed by atoms with Gasteiger partial charge in [-0.3, -0.25) is 0 Å². The minimum absolute atomic E-state index is 0.770. The van der Waals surface area contributed by atoms with Crippen LogP contribution >= 0.6 is 11.3 Å². The second kappa shape index (κ2) is 5.32. The molecule has 2 N–H and O–H groups in total. The maximum absolute atomic E-state index is 5.44. The maximum Gasteiger partial charge on any atom is 0.0798 e. The Kier molecular flexibility index (Phi) is 4.35. The highest BCUT2D eigenvalue weighted by Gasteiger charge is 2.04. The lowest BCUT2D eigenvalue weighted by atomic mass is 10.3. The molecule has 1 aromatic rings. The monoisotopic (exact) mass is 199 g/mol. The summed E-state index contributed by atoms with van der Waals surface area (Å²) in [4.78, 5) is 7.86. The van der Waals surface area contributed by atoms with Crippen LogP contribution in [0, 0.1) is 6.92 Å². The van der Waals surface area contributed by atoms with E-state index < -0.39 is 0 Å². The Hall–Kier alpha value is -0.450. The lowest BCUT2D eigenvalue weighted by Crippen LogP contribution is -2.21. The highest BCUT2D eigenvalue weighted by Crippen LogP contribution is 2.13. The van der Waals surface area contributed by atoms with Crippen molar-refractivity contribution in [1.29, 1.82) is 0 Å². The average molecular weight is 199 g/mol. The first-order valence-corrected chi connectivity index (χ1v) is 5.39. The number of rotatable bonds is 5. The fraction of sp³-hybridized carbons (Fsp3) is 0.667. The van der Waals surface area contributed by atoms with Crippen LogP contribution in [-0.2, 0) is 6.54 Å². The first-order valence-electron chi connectivity index (χ1n) is 4.51. The summed E-state index contributed by atoms with van der Waals surface area (Å²) in [6.07, 6.45) is 1.06. The van der Waals surface area contributed by atoms with Gasteiger partial charge in [0.25, 0.3) is 0 Å². The van der Waals surface area contributed by atoms with E-state index in [0.717, 1.165) is 31.7 Å². The molecule has 0 aliphatic heterocycles. The molecule has 1 heterocycles. The van der Waals surface area contributed by atoms with E-state index in [9.17, 15) is 0 Å². The molecule has 0 aliphatic rings. The van der Waals surface area contributed by atoms with Gasteiger partial charge in [0.05, 0.1) is 11.2 Å². The normalized spacial score (nSPS) is 11.1. The topological polar surface area (TPSA) is 42.2 Å². The van der Waals surface area contributed by atoms with Crippen molar-refractivity contribution < 1.29 is 0 Å². The van der Waals surface area contributed by atoms with Gasteiger partial charge in [0.1, 0.15) is 0 Å². The summed E-state index contributed by atoms with van der Waals surface area (Å²) in [7, 11) is 2.12. The van der Waals surface area contributed by atoms with E-state index in [0.29, 0.717) is 0 Å². The van der Waals surface area contributed by atoms with E-state index in [1.807, 2.05) is 5.51 Å². The van der Waals surface area contributed by atoms with Gasteiger partial charge in [0, 0.05) is 11.4 Å². The molecule has 0 radical (unpaired) electrons. The molecule has 0 fully saturated rings. The van der Waals surface area contributed by atoms with Crippen LogP contribution in [0.4, 0.5) is 0 Å². The molecule has 0 bridgehead atoms. The third-order valence-electron chi connectivity index (χ3n) is 2.00. The quantitative estimate of drug-likeness (QED) is 0.775. The van der Waals surface area contributed by atoms with Crippen molar-refractivity contribution in [3.8, 4) is 0 Å². The molecule has 74 valence electrons. The van der Waals surface area contributed by atoms with E-state index in [4.69, 9.17) is 5.73 Å². The van der Waals surface area contributed by atoms with E-state index >= 15 is 0 Å². The molecule has 4 heteroatoms. The van der Waals surface area contributed by atoms with Crippen LogP contribution in [-0.4, -0.2) is 30.0 Å². The van der Waals surface area contributed by atoms with Crippen molar-refractivity contribution >= 4 is 11.3 Å². The fourth-order valence-corrected chi connectivity index (χ4v) is 2.02. The Balaban J connectivity index is 2.36. The van der Waals surface area contributed by atoms with Gasteiger partial charge < -0.3 is 10.6 Å². The minimum Gasteiger partial charge on any atom is -0.330 e. The number of hydrogen-bond acceptors (Lipinski definition) is 4. The third-order valence-corrected chi connectivity index (χ3v) is 2.92. The van der Waals surface area contributed by atoms with E-state index in [-0.39, 0.29) is 0 Å². The summed E-state index contributed by atoms with van der Waals surface area (Å²) >= 11 is 1.73. The van der Waals surface area contributed by atoms with E-state index in [1.165, 1.54) is 4.88 Å². The van der Waals surface area contributed by atoms with Crippen molar-refractivity contribution in [2.24, 2.45) is 5.73 Å². The molecule has 13 heavy (non-hydrogen) atoms. The summed E-state index contributed by atoms with van der Waals surface area (Å²) in [5.41, 5.74) is 8.50. The van der Waals surface area contributed by atoms with E-state index in [2.05, 4.69) is 23.9 Å². The lowest BCUT2D eigenvalue weighted by Gasteiger charge is -2.14. The Morgan fingerprint density at radius 2 is 2.38 bits per heavy atom. The third kappa shape index (κ3) is 3.42. The summed E-state index contributed by atoms with van der Waals surface area (Å²) in [6, 6.07) is 0. The van der Waals surface area contributed by atoms with Crippen LogP contribution in [0.25, 0.3) is 0 Å². The second-order valence-corrected chi connectivity index (χ2v) is 4.18. The fourth-order valence-electron chi connectivity index (χ4n) is 1.16. The Morgan fingerprint density at radius 3 is 2.92 bits per heavy atom. The number of nitrogens with zero attached hydrogens (tertiary/aromatic N) is 2. The molecule has 1 aromatic heterocycles. The number of aryl methyl sites for hydroxylation is 1. The molecule has 0 amide bonds. The summed E-state index contributed by atoms with van der Waals surface area (Å²) in [6.45, 7) is 4.89. The maximum atomic E-state index is 5.44. The van der Waals surface area contributed by atoms with E-state index in [1.54, 1.807) is 11.3 Å².